The lowest BCUT2D eigenvalue weighted by atomic mass is 10.1. The van der Waals surface area contributed by atoms with Crippen molar-refractivity contribution in [3.8, 4) is 0 Å². The molecule has 0 bridgehead atoms. The van der Waals surface area contributed by atoms with Gasteiger partial charge in [0.25, 0.3) is 0 Å². The van der Waals surface area contributed by atoms with E-state index in [1.165, 1.54) is 6.39 Å². The number of thiocarbonyl (C=S) groups is 1. The minimum atomic E-state index is 0.340. The maximum absolute atomic E-state index is 5.74. The molecule has 0 atom stereocenters. The number of nitrogens with one attached hydrogen (secondary N) is 1. The molecule has 0 fully saturated rings. The molecule has 0 saturated heterocycles. The molecular formula is C12H15N5OS. The second-order valence-corrected chi connectivity index (χ2v) is 4.60. The summed E-state index contributed by atoms with van der Waals surface area (Å²) in [6.07, 6.45) is 1.98. The molecule has 0 aliphatic heterocycles. The molecule has 3 N–H and O–H groups in total. The molecule has 0 unspecified atom stereocenters. The lowest BCUT2D eigenvalue weighted by Gasteiger charge is -2.13. The Balaban J connectivity index is 2.12. The Hall–Kier alpha value is -2.02. The summed E-state index contributed by atoms with van der Waals surface area (Å²) in [6.45, 7) is 4.49. The van der Waals surface area contributed by atoms with Gasteiger partial charge in [-0.05, 0) is 19.9 Å². The average Bonchev–Trinajstić information content (AvgIpc) is 2.80. The van der Waals surface area contributed by atoms with Crippen molar-refractivity contribution in [2.24, 2.45) is 5.73 Å². The zero-order valence-electron chi connectivity index (χ0n) is 10.8. The predicted octanol–water partition coefficient (Wildman–Crippen LogP) is 1.37. The van der Waals surface area contributed by atoms with E-state index in [0.29, 0.717) is 23.8 Å². The van der Waals surface area contributed by atoms with Crippen LogP contribution in [0.3, 0.4) is 0 Å². The molecule has 0 aromatic carbocycles. The highest BCUT2D eigenvalue weighted by molar-refractivity contribution is 7.80. The summed E-state index contributed by atoms with van der Waals surface area (Å²) in [4.78, 5) is 8.67. The molecule has 0 spiro atoms. The van der Waals surface area contributed by atoms with Gasteiger partial charge >= 0.3 is 0 Å². The number of nitrogens with zero attached hydrogens (tertiary/aromatic N) is 3. The van der Waals surface area contributed by atoms with Crippen molar-refractivity contribution in [1.82, 2.24) is 15.1 Å². The first-order valence-electron chi connectivity index (χ1n) is 5.85. The molecule has 0 amide bonds. The van der Waals surface area contributed by atoms with Gasteiger partial charge in [0.05, 0.1) is 5.56 Å². The van der Waals surface area contributed by atoms with Gasteiger partial charge in [-0.15, -0.1) is 0 Å². The van der Waals surface area contributed by atoms with Crippen LogP contribution in [0.15, 0.2) is 17.0 Å². The highest BCUT2D eigenvalue weighted by atomic mass is 32.1. The lowest BCUT2D eigenvalue weighted by molar-refractivity contribution is 0.410. The van der Waals surface area contributed by atoms with Crippen molar-refractivity contribution in [1.29, 1.82) is 0 Å². The Morgan fingerprint density at radius 1 is 1.47 bits per heavy atom. The fourth-order valence-electron chi connectivity index (χ4n) is 1.89. The van der Waals surface area contributed by atoms with Crippen LogP contribution in [0.1, 0.15) is 22.8 Å². The van der Waals surface area contributed by atoms with E-state index in [-0.39, 0.29) is 0 Å². The van der Waals surface area contributed by atoms with Gasteiger partial charge in [0.2, 0.25) is 6.39 Å². The van der Waals surface area contributed by atoms with Crippen LogP contribution in [0.5, 0.6) is 0 Å². The quantitative estimate of drug-likeness (QED) is 0.798. The smallest absolute Gasteiger partial charge is 0.213 e. The van der Waals surface area contributed by atoms with Crippen LogP contribution in [0.25, 0.3) is 0 Å². The molecule has 0 aliphatic carbocycles. The number of hydrogen-bond acceptors (Lipinski definition) is 6. The van der Waals surface area contributed by atoms with Gasteiger partial charge in [0.1, 0.15) is 4.99 Å². The number of nitrogens with two attached hydrogens (primary N) is 1. The summed E-state index contributed by atoms with van der Waals surface area (Å²) >= 11 is 5.07. The average molecular weight is 277 g/mol. The molecule has 2 rings (SSSR count). The van der Waals surface area contributed by atoms with Crippen molar-refractivity contribution >= 4 is 22.9 Å². The van der Waals surface area contributed by atoms with E-state index in [2.05, 4.69) is 25.0 Å². The monoisotopic (exact) mass is 277 g/mol. The Labute approximate surface area is 116 Å². The van der Waals surface area contributed by atoms with Gasteiger partial charge in [0, 0.05) is 30.0 Å². The van der Waals surface area contributed by atoms with Crippen LogP contribution in [0, 0.1) is 13.8 Å². The summed E-state index contributed by atoms with van der Waals surface area (Å²) in [6, 6.07) is 1.93. The third-order valence-corrected chi connectivity index (χ3v) is 2.85. The van der Waals surface area contributed by atoms with Gasteiger partial charge in [-0.1, -0.05) is 17.4 Å². The molecule has 100 valence electrons. The lowest BCUT2D eigenvalue weighted by Crippen LogP contribution is -2.17. The number of pyridine rings is 1. The zero-order valence-corrected chi connectivity index (χ0v) is 11.6. The normalized spacial score (nSPS) is 10.4. The third-order valence-electron chi connectivity index (χ3n) is 2.65. The minimum Gasteiger partial charge on any atom is -0.389 e. The zero-order chi connectivity index (χ0) is 13.8. The second kappa shape index (κ2) is 5.75. The van der Waals surface area contributed by atoms with E-state index in [4.69, 9.17) is 18.0 Å². The molecule has 0 aliphatic rings. The van der Waals surface area contributed by atoms with E-state index in [1.807, 2.05) is 19.9 Å². The number of rotatable bonds is 5. The summed E-state index contributed by atoms with van der Waals surface area (Å²) in [7, 11) is 0. The van der Waals surface area contributed by atoms with E-state index in [9.17, 15) is 0 Å². The summed E-state index contributed by atoms with van der Waals surface area (Å²) in [5.41, 5.74) is 9.16. The minimum absolute atomic E-state index is 0.340. The summed E-state index contributed by atoms with van der Waals surface area (Å²) in [5, 5.41) is 7.04. The number of aromatic nitrogens is 3. The van der Waals surface area contributed by atoms with Gasteiger partial charge < -0.3 is 15.6 Å². The van der Waals surface area contributed by atoms with Gasteiger partial charge in [-0.3, -0.25) is 4.98 Å². The molecule has 2 aromatic heterocycles. The Morgan fingerprint density at radius 2 is 2.26 bits per heavy atom. The Kier molecular flexibility index (Phi) is 4.06. The first-order chi connectivity index (χ1) is 9.08. The summed E-state index contributed by atoms with van der Waals surface area (Å²) < 4.78 is 4.68. The first-order valence-corrected chi connectivity index (χ1v) is 6.26. The van der Waals surface area contributed by atoms with Crippen LogP contribution in [0.4, 0.5) is 5.69 Å². The topological polar surface area (TPSA) is 89.9 Å². The number of aryl methyl sites for hydroxylation is 2. The maximum atomic E-state index is 5.74. The molecule has 19 heavy (non-hydrogen) atoms. The van der Waals surface area contributed by atoms with E-state index in [1.54, 1.807) is 0 Å². The van der Waals surface area contributed by atoms with Crippen molar-refractivity contribution in [2.75, 3.05) is 11.9 Å². The van der Waals surface area contributed by atoms with E-state index in [0.717, 1.165) is 22.6 Å². The van der Waals surface area contributed by atoms with Gasteiger partial charge in [-0.25, -0.2) is 0 Å². The van der Waals surface area contributed by atoms with Crippen molar-refractivity contribution < 1.29 is 4.52 Å². The van der Waals surface area contributed by atoms with E-state index < -0.39 is 0 Å². The van der Waals surface area contributed by atoms with Crippen LogP contribution in [0.2, 0.25) is 0 Å². The van der Waals surface area contributed by atoms with Crippen LogP contribution < -0.4 is 11.1 Å². The van der Waals surface area contributed by atoms with Crippen LogP contribution in [-0.4, -0.2) is 26.7 Å². The standard InChI is InChI=1S/C12H15N5OS/c1-7-5-9(11(12(13)19)8(2)16-7)14-4-3-10-15-6-18-17-10/h5-6H,3-4H2,1-2H3,(H2,13,19)(H,14,16). The largest absolute Gasteiger partial charge is 0.389 e. The first kappa shape index (κ1) is 13.4. The van der Waals surface area contributed by atoms with Gasteiger partial charge in [0.15, 0.2) is 5.82 Å². The molecule has 7 heteroatoms. The number of anilines is 1. The molecule has 0 saturated carbocycles. The highest BCUT2D eigenvalue weighted by Crippen LogP contribution is 2.19. The second-order valence-electron chi connectivity index (χ2n) is 4.16. The SMILES string of the molecule is Cc1cc(NCCc2ncon2)c(C(N)=S)c(C)n1. The molecule has 0 radical (unpaired) electrons. The predicted molar refractivity (Wildman–Crippen MR) is 76.1 cm³/mol. The Bertz CT molecular complexity index is 582. The summed E-state index contributed by atoms with van der Waals surface area (Å²) in [5.74, 6) is 0.659. The fourth-order valence-corrected chi connectivity index (χ4v) is 2.15. The van der Waals surface area contributed by atoms with Gasteiger partial charge in [-0.2, -0.15) is 4.98 Å². The molecule has 2 aromatic rings. The maximum Gasteiger partial charge on any atom is 0.213 e. The number of hydrogen-bond donors (Lipinski definition) is 2. The van der Waals surface area contributed by atoms with Crippen molar-refractivity contribution in [2.45, 2.75) is 20.3 Å². The third kappa shape index (κ3) is 3.25. The van der Waals surface area contributed by atoms with Crippen molar-refractivity contribution in [3.63, 3.8) is 0 Å². The molecular weight excluding hydrogens is 262 g/mol. The highest BCUT2D eigenvalue weighted by Gasteiger charge is 2.11. The fraction of sp³-hybridized carbons (Fsp3) is 0.333. The van der Waals surface area contributed by atoms with Crippen LogP contribution >= 0.6 is 12.2 Å². The van der Waals surface area contributed by atoms with Crippen molar-refractivity contribution in [3.05, 3.63) is 35.2 Å². The molecule has 2 heterocycles. The van der Waals surface area contributed by atoms with E-state index >= 15 is 0 Å². The Morgan fingerprint density at radius 3 is 2.89 bits per heavy atom. The molecule has 6 nitrogen and oxygen atoms in total. The van der Waals surface area contributed by atoms with Crippen LogP contribution in [-0.2, 0) is 6.42 Å².